The Hall–Kier alpha value is -0.730. The van der Waals surface area contributed by atoms with Gasteiger partial charge in [0.15, 0.2) is 6.10 Å². The van der Waals surface area contributed by atoms with Crippen molar-refractivity contribution in [2.45, 2.75) is 6.10 Å². The van der Waals surface area contributed by atoms with Crippen LogP contribution in [0.5, 0.6) is 0 Å². The molecule has 1 unspecified atom stereocenters. The first-order valence-corrected chi connectivity index (χ1v) is 2.78. The molecule has 0 radical (unpaired) electrons. The topological polar surface area (TPSA) is 150 Å². The van der Waals surface area contributed by atoms with Gasteiger partial charge in [-0.2, -0.15) is 0 Å². The van der Waals surface area contributed by atoms with E-state index in [1.165, 1.54) is 0 Å². The number of esters is 1. The molecule has 0 aliphatic heterocycles. The molecular weight excluding hydrogens is 172 g/mol. The summed E-state index contributed by atoms with van der Waals surface area (Å²) in [5.74, 6) is -0.920. The van der Waals surface area contributed by atoms with Crippen LogP contribution in [0.2, 0.25) is 0 Å². The Labute approximate surface area is 68.8 Å². The first-order valence-electron chi connectivity index (χ1n) is 2.78. The first kappa shape index (κ1) is 17.4. The maximum Gasteiger partial charge on any atom is 0.337 e. The van der Waals surface area contributed by atoms with Gasteiger partial charge in [0.05, 0.1) is 13.2 Å². The molecule has 7 N–H and O–H groups in total. The van der Waals surface area contributed by atoms with Gasteiger partial charge in [-0.15, -0.1) is 0 Å². The highest BCUT2D eigenvalue weighted by molar-refractivity contribution is 5.74. The van der Waals surface area contributed by atoms with Gasteiger partial charge < -0.3 is 31.0 Å². The van der Waals surface area contributed by atoms with Gasteiger partial charge in [-0.3, -0.25) is 0 Å². The maximum atomic E-state index is 10.4. The van der Waals surface area contributed by atoms with E-state index < -0.39 is 18.7 Å². The molecule has 0 rings (SSSR count). The lowest BCUT2D eigenvalue weighted by molar-refractivity contribution is -0.156. The minimum Gasteiger partial charge on any atom is -0.461 e. The van der Waals surface area contributed by atoms with Gasteiger partial charge in [0.25, 0.3) is 0 Å². The van der Waals surface area contributed by atoms with E-state index in [9.17, 15) is 4.79 Å². The molecule has 0 saturated carbocycles. The Morgan fingerprint density at radius 1 is 1.33 bits per heavy atom. The zero-order valence-corrected chi connectivity index (χ0v) is 6.36. The van der Waals surface area contributed by atoms with Gasteiger partial charge in [-0.1, -0.05) is 0 Å². The molecule has 1 atom stereocenters. The van der Waals surface area contributed by atoms with Gasteiger partial charge in [0.1, 0.15) is 6.61 Å². The van der Waals surface area contributed by atoms with Crippen molar-refractivity contribution in [1.82, 2.24) is 0 Å². The van der Waals surface area contributed by atoms with Gasteiger partial charge >= 0.3 is 5.97 Å². The van der Waals surface area contributed by atoms with Crippen LogP contribution in [-0.4, -0.2) is 58.2 Å². The quantitative estimate of drug-likeness (QED) is 0.385. The third-order valence-electron chi connectivity index (χ3n) is 0.781. The van der Waals surface area contributed by atoms with Crippen LogP contribution in [0.25, 0.3) is 0 Å². The van der Waals surface area contributed by atoms with Crippen molar-refractivity contribution in [3.8, 4) is 0 Å². The van der Waals surface area contributed by atoms with Crippen molar-refractivity contribution in [1.29, 1.82) is 0 Å². The van der Waals surface area contributed by atoms with Gasteiger partial charge in [-0.05, 0) is 0 Å². The second kappa shape index (κ2) is 10.3. The number of carbonyl (C=O) groups excluding carboxylic acids is 1. The Morgan fingerprint density at radius 3 is 2.17 bits per heavy atom. The number of hydrogen-bond acceptors (Lipinski definition) is 5. The molecule has 7 nitrogen and oxygen atoms in total. The van der Waals surface area contributed by atoms with E-state index in [1.54, 1.807) is 0 Å². The van der Waals surface area contributed by atoms with Crippen LogP contribution >= 0.6 is 0 Å². The van der Waals surface area contributed by atoms with E-state index in [0.717, 1.165) is 0 Å². The number of aliphatic hydroxyl groups is 3. The SMILES string of the molecule is O.O.O=C(OCCO)C(O)CO. The van der Waals surface area contributed by atoms with Crippen molar-refractivity contribution < 1.29 is 35.8 Å². The van der Waals surface area contributed by atoms with E-state index in [4.69, 9.17) is 15.3 Å². The standard InChI is InChI=1S/C5H10O5.2H2O/c6-1-2-10-5(9)4(8)3-7;;/h4,6-8H,1-3H2;2*1H2. The monoisotopic (exact) mass is 186 g/mol. The lowest BCUT2D eigenvalue weighted by Crippen LogP contribution is -2.27. The Bertz CT molecular complexity index is 104. The normalized spacial score (nSPS) is 10.6. The summed E-state index contributed by atoms with van der Waals surface area (Å²) >= 11 is 0. The zero-order valence-electron chi connectivity index (χ0n) is 6.36. The van der Waals surface area contributed by atoms with Gasteiger partial charge in [-0.25, -0.2) is 4.79 Å². The second-order valence-electron chi connectivity index (χ2n) is 1.59. The van der Waals surface area contributed by atoms with Crippen molar-refractivity contribution in [2.75, 3.05) is 19.8 Å². The molecule has 0 saturated heterocycles. The molecule has 0 fully saturated rings. The Balaban J connectivity index is -0.000000405. The molecule has 0 amide bonds. The molecule has 0 aromatic heterocycles. The summed E-state index contributed by atoms with van der Waals surface area (Å²) in [5.41, 5.74) is 0. The van der Waals surface area contributed by atoms with Crippen LogP contribution in [-0.2, 0) is 9.53 Å². The van der Waals surface area contributed by atoms with E-state index in [-0.39, 0.29) is 24.2 Å². The molecule has 0 spiro atoms. The molecule has 12 heavy (non-hydrogen) atoms. The molecule has 0 aliphatic carbocycles. The summed E-state index contributed by atoms with van der Waals surface area (Å²) in [5, 5.41) is 24.9. The summed E-state index contributed by atoms with van der Waals surface area (Å²) in [4.78, 5) is 10.4. The Morgan fingerprint density at radius 2 is 1.83 bits per heavy atom. The van der Waals surface area contributed by atoms with Crippen molar-refractivity contribution in [3.63, 3.8) is 0 Å². The van der Waals surface area contributed by atoms with Crippen LogP contribution < -0.4 is 0 Å². The van der Waals surface area contributed by atoms with Crippen LogP contribution in [0.3, 0.4) is 0 Å². The van der Waals surface area contributed by atoms with E-state index in [2.05, 4.69) is 4.74 Å². The van der Waals surface area contributed by atoms with E-state index in [0.29, 0.717) is 0 Å². The fraction of sp³-hybridized carbons (Fsp3) is 0.800. The van der Waals surface area contributed by atoms with Gasteiger partial charge in [0, 0.05) is 0 Å². The predicted molar refractivity (Wildman–Crippen MR) is 38.4 cm³/mol. The van der Waals surface area contributed by atoms with Crippen molar-refractivity contribution >= 4 is 5.97 Å². The molecule has 76 valence electrons. The van der Waals surface area contributed by atoms with Crippen LogP contribution in [0, 0.1) is 0 Å². The number of rotatable bonds is 4. The van der Waals surface area contributed by atoms with Crippen molar-refractivity contribution in [2.24, 2.45) is 0 Å². The van der Waals surface area contributed by atoms with E-state index in [1.807, 2.05) is 0 Å². The van der Waals surface area contributed by atoms with Crippen LogP contribution in [0.1, 0.15) is 0 Å². The summed E-state index contributed by atoms with van der Waals surface area (Å²) in [6, 6.07) is 0. The molecule has 0 aromatic carbocycles. The molecule has 7 heteroatoms. The summed E-state index contributed by atoms with van der Waals surface area (Å²) in [6.45, 7) is -1.11. The lowest BCUT2D eigenvalue weighted by atomic mass is 10.4. The predicted octanol–water partition coefficient (Wildman–Crippen LogP) is -3.77. The average Bonchev–Trinajstić information content (AvgIpc) is 1.98. The average molecular weight is 186 g/mol. The minimum atomic E-state index is -1.49. The summed E-state index contributed by atoms with van der Waals surface area (Å²) in [6.07, 6.45) is -1.49. The highest BCUT2D eigenvalue weighted by Crippen LogP contribution is 1.85. The van der Waals surface area contributed by atoms with Gasteiger partial charge in [0.2, 0.25) is 0 Å². The minimum absolute atomic E-state index is 0. The maximum absolute atomic E-state index is 10.4. The molecule has 0 heterocycles. The highest BCUT2D eigenvalue weighted by Gasteiger charge is 2.13. The first-order chi connectivity index (χ1) is 4.72. The third-order valence-corrected chi connectivity index (χ3v) is 0.781. The lowest BCUT2D eigenvalue weighted by Gasteiger charge is -2.05. The van der Waals surface area contributed by atoms with Crippen LogP contribution in [0.4, 0.5) is 0 Å². The molecular formula is C5H14O7. The summed E-state index contributed by atoms with van der Waals surface area (Å²) < 4.78 is 4.24. The molecule has 0 aromatic rings. The van der Waals surface area contributed by atoms with Crippen LogP contribution in [0.15, 0.2) is 0 Å². The van der Waals surface area contributed by atoms with E-state index >= 15 is 0 Å². The number of ether oxygens (including phenoxy) is 1. The molecule has 0 aliphatic rings. The largest absolute Gasteiger partial charge is 0.461 e. The van der Waals surface area contributed by atoms with Crippen molar-refractivity contribution in [3.05, 3.63) is 0 Å². The fourth-order valence-corrected chi connectivity index (χ4v) is 0.317. The smallest absolute Gasteiger partial charge is 0.337 e. The number of aliphatic hydroxyl groups excluding tert-OH is 3. The zero-order chi connectivity index (χ0) is 7.98. The summed E-state index contributed by atoms with van der Waals surface area (Å²) in [7, 11) is 0. The second-order valence-corrected chi connectivity index (χ2v) is 1.59. The molecule has 0 bridgehead atoms. The fourth-order valence-electron chi connectivity index (χ4n) is 0.317. The number of carbonyl (C=O) groups is 1. The highest BCUT2D eigenvalue weighted by atomic mass is 16.6. The third kappa shape index (κ3) is 7.38. The Kier molecular flexibility index (Phi) is 14.9. The number of hydrogen-bond donors (Lipinski definition) is 3.